The van der Waals surface area contributed by atoms with Crippen LogP contribution in [0.2, 0.25) is 0 Å². The topological polar surface area (TPSA) is 83.5 Å². The van der Waals surface area contributed by atoms with Gasteiger partial charge in [0.05, 0.1) is 5.75 Å². The number of phenolic OH excluding ortho intramolecular Hbond substituents is 1. The highest BCUT2D eigenvalue weighted by molar-refractivity contribution is 7.91. The summed E-state index contributed by atoms with van der Waals surface area (Å²) in [5.41, 5.74) is 1.00. The van der Waals surface area contributed by atoms with Crippen molar-refractivity contribution >= 4 is 15.7 Å². The van der Waals surface area contributed by atoms with Crippen molar-refractivity contribution in [2.75, 3.05) is 18.1 Å². The lowest BCUT2D eigenvalue weighted by Crippen LogP contribution is -2.29. The number of carbonyl (C=O) groups excluding carboxylic acids is 1. The Bertz CT molecular complexity index is 537. The third-order valence-corrected chi connectivity index (χ3v) is 4.30. The van der Waals surface area contributed by atoms with Crippen LogP contribution in [0.25, 0.3) is 0 Å². The fraction of sp³-hybridized carbons (Fsp3) is 0.417. The third kappa shape index (κ3) is 4.03. The van der Waals surface area contributed by atoms with Gasteiger partial charge in [-0.25, -0.2) is 8.42 Å². The number of hydrogen-bond donors (Lipinski definition) is 2. The Hall–Kier alpha value is -1.56. The van der Waals surface area contributed by atoms with Crippen molar-refractivity contribution < 1.29 is 18.3 Å². The number of rotatable bonds is 5. The molecule has 1 aromatic rings. The smallest absolute Gasteiger partial charge is 0.251 e. The van der Waals surface area contributed by atoms with Crippen LogP contribution in [0.4, 0.5) is 0 Å². The van der Waals surface area contributed by atoms with Crippen molar-refractivity contribution in [3.05, 3.63) is 29.3 Å². The number of carbonyl (C=O) groups is 1. The van der Waals surface area contributed by atoms with Crippen molar-refractivity contribution in [2.45, 2.75) is 13.8 Å². The predicted molar refractivity (Wildman–Crippen MR) is 69.5 cm³/mol. The molecule has 0 heterocycles. The Morgan fingerprint density at radius 2 is 2.06 bits per heavy atom. The van der Waals surface area contributed by atoms with E-state index in [1.807, 2.05) is 0 Å². The third-order valence-electron chi connectivity index (χ3n) is 2.60. The summed E-state index contributed by atoms with van der Waals surface area (Å²) < 4.78 is 22.5. The van der Waals surface area contributed by atoms with E-state index < -0.39 is 9.84 Å². The van der Waals surface area contributed by atoms with Gasteiger partial charge in [0.1, 0.15) is 5.75 Å². The van der Waals surface area contributed by atoms with E-state index in [1.54, 1.807) is 19.9 Å². The molecule has 0 fully saturated rings. The van der Waals surface area contributed by atoms with Gasteiger partial charge in [-0.3, -0.25) is 4.79 Å². The van der Waals surface area contributed by atoms with E-state index in [1.165, 1.54) is 12.1 Å². The Morgan fingerprint density at radius 1 is 1.39 bits per heavy atom. The highest BCUT2D eigenvalue weighted by atomic mass is 32.2. The number of aromatic hydroxyl groups is 1. The summed E-state index contributed by atoms with van der Waals surface area (Å²) in [6.45, 7) is 3.35. The van der Waals surface area contributed by atoms with Crippen molar-refractivity contribution in [3.63, 3.8) is 0 Å². The molecule has 1 aromatic carbocycles. The number of amides is 1. The van der Waals surface area contributed by atoms with Gasteiger partial charge in [-0.2, -0.15) is 0 Å². The van der Waals surface area contributed by atoms with E-state index in [-0.39, 0.29) is 29.7 Å². The zero-order chi connectivity index (χ0) is 13.8. The number of hydrogen-bond acceptors (Lipinski definition) is 4. The van der Waals surface area contributed by atoms with Gasteiger partial charge in [-0.05, 0) is 30.7 Å². The van der Waals surface area contributed by atoms with E-state index in [0.717, 1.165) is 0 Å². The standard InChI is InChI=1S/C12H17NO4S/c1-3-18(16,17)7-6-13-12(15)10-4-5-11(14)9(2)8-10/h4-5,8,14H,3,6-7H2,1-2H3,(H,13,15). The SMILES string of the molecule is CCS(=O)(=O)CCNC(=O)c1ccc(O)c(C)c1. The van der Waals surface area contributed by atoms with Gasteiger partial charge in [0, 0.05) is 17.9 Å². The van der Waals surface area contributed by atoms with Crippen molar-refractivity contribution in [1.29, 1.82) is 0 Å². The summed E-state index contributed by atoms with van der Waals surface area (Å²) >= 11 is 0. The lowest BCUT2D eigenvalue weighted by molar-refractivity contribution is 0.0956. The summed E-state index contributed by atoms with van der Waals surface area (Å²) in [6, 6.07) is 4.48. The monoisotopic (exact) mass is 271 g/mol. The van der Waals surface area contributed by atoms with Crippen LogP contribution in [0.15, 0.2) is 18.2 Å². The minimum atomic E-state index is -3.07. The molecule has 100 valence electrons. The quantitative estimate of drug-likeness (QED) is 0.832. The molecule has 0 aliphatic heterocycles. The molecule has 2 N–H and O–H groups in total. The zero-order valence-electron chi connectivity index (χ0n) is 10.4. The summed E-state index contributed by atoms with van der Waals surface area (Å²) in [4.78, 5) is 11.7. The van der Waals surface area contributed by atoms with Gasteiger partial charge in [0.2, 0.25) is 0 Å². The molecule has 0 atom stereocenters. The molecule has 0 spiro atoms. The minimum Gasteiger partial charge on any atom is -0.508 e. The lowest BCUT2D eigenvalue weighted by Gasteiger charge is -2.06. The zero-order valence-corrected chi connectivity index (χ0v) is 11.3. The average Bonchev–Trinajstić information content (AvgIpc) is 2.32. The molecule has 0 saturated heterocycles. The molecule has 0 aliphatic rings. The molecule has 0 saturated carbocycles. The first kappa shape index (κ1) is 14.5. The van der Waals surface area contributed by atoms with E-state index in [9.17, 15) is 18.3 Å². The molecule has 0 radical (unpaired) electrons. The first-order valence-electron chi connectivity index (χ1n) is 5.64. The van der Waals surface area contributed by atoms with E-state index in [0.29, 0.717) is 11.1 Å². The molecule has 0 bridgehead atoms. The molecule has 0 unspecified atom stereocenters. The van der Waals surface area contributed by atoms with Gasteiger partial charge in [-0.15, -0.1) is 0 Å². The van der Waals surface area contributed by atoms with Crippen LogP contribution in [0.1, 0.15) is 22.8 Å². The second kappa shape index (κ2) is 5.86. The average molecular weight is 271 g/mol. The molecule has 18 heavy (non-hydrogen) atoms. The highest BCUT2D eigenvalue weighted by Crippen LogP contribution is 2.16. The minimum absolute atomic E-state index is 0.0632. The fourth-order valence-electron chi connectivity index (χ4n) is 1.36. The maximum absolute atomic E-state index is 11.7. The predicted octanol–water partition coefficient (Wildman–Crippen LogP) is 0.865. The largest absolute Gasteiger partial charge is 0.508 e. The normalized spacial score (nSPS) is 11.2. The summed E-state index contributed by atoms with van der Waals surface area (Å²) in [5, 5.41) is 11.9. The lowest BCUT2D eigenvalue weighted by atomic mass is 10.1. The first-order valence-corrected chi connectivity index (χ1v) is 7.46. The van der Waals surface area contributed by atoms with E-state index in [2.05, 4.69) is 5.32 Å². The molecular weight excluding hydrogens is 254 g/mol. The number of sulfone groups is 1. The molecule has 6 heteroatoms. The second-order valence-corrected chi connectivity index (χ2v) is 6.47. The van der Waals surface area contributed by atoms with Crippen LogP contribution in [-0.4, -0.2) is 37.5 Å². The Morgan fingerprint density at radius 3 is 2.61 bits per heavy atom. The van der Waals surface area contributed by atoms with Crippen LogP contribution in [-0.2, 0) is 9.84 Å². The van der Waals surface area contributed by atoms with Crippen LogP contribution in [0, 0.1) is 6.92 Å². The van der Waals surface area contributed by atoms with Crippen LogP contribution >= 0.6 is 0 Å². The van der Waals surface area contributed by atoms with Crippen molar-refractivity contribution in [2.24, 2.45) is 0 Å². The number of phenols is 1. The van der Waals surface area contributed by atoms with Crippen LogP contribution in [0.5, 0.6) is 5.75 Å². The summed E-state index contributed by atoms with van der Waals surface area (Å²) in [6.07, 6.45) is 0. The summed E-state index contributed by atoms with van der Waals surface area (Å²) in [7, 11) is -3.07. The molecule has 5 nitrogen and oxygen atoms in total. The maximum atomic E-state index is 11.7. The summed E-state index contributed by atoms with van der Waals surface area (Å²) in [5.74, 6) is -0.211. The molecule has 0 aromatic heterocycles. The molecule has 1 rings (SSSR count). The van der Waals surface area contributed by atoms with Gasteiger partial charge in [0.25, 0.3) is 5.91 Å². The first-order chi connectivity index (χ1) is 8.35. The second-order valence-electron chi connectivity index (χ2n) is 3.99. The maximum Gasteiger partial charge on any atom is 0.251 e. The Labute approximate surface area is 107 Å². The number of aryl methyl sites for hydroxylation is 1. The molecular formula is C12H17NO4S. The number of nitrogens with one attached hydrogen (secondary N) is 1. The Balaban J connectivity index is 2.58. The molecule has 1 amide bonds. The highest BCUT2D eigenvalue weighted by Gasteiger charge is 2.10. The van der Waals surface area contributed by atoms with Crippen LogP contribution in [0.3, 0.4) is 0 Å². The van der Waals surface area contributed by atoms with Crippen molar-refractivity contribution in [3.8, 4) is 5.75 Å². The van der Waals surface area contributed by atoms with Gasteiger partial charge < -0.3 is 10.4 Å². The van der Waals surface area contributed by atoms with Crippen LogP contribution < -0.4 is 5.32 Å². The number of benzene rings is 1. The van der Waals surface area contributed by atoms with E-state index in [4.69, 9.17) is 0 Å². The Kier molecular flexibility index (Phi) is 4.72. The van der Waals surface area contributed by atoms with Gasteiger partial charge in [0.15, 0.2) is 9.84 Å². The molecule has 0 aliphatic carbocycles. The van der Waals surface area contributed by atoms with Crippen molar-refractivity contribution in [1.82, 2.24) is 5.32 Å². The van der Waals surface area contributed by atoms with Gasteiger partial charge in [-0.1, -0.05) is 6.92 Å². The fourth-order valence-corrected chi connectivity index (χ4v) is 2.06. The van der Waals surface area contributed by atoms with Gasteiger partial charge >= 0.3 is 0 Å². The van der Waals surface area contributed by atoms with E-state index >= 15 is 0 Å².